The summed E-state index contributed by atoms with van der Waals surface area (Å²) in [6.45, 7) is 0. The zero-order valence-corrected chi connectivity index (χ0v) is 14.5. The lowest BCUT2D eigenvalue weighted by atomic mass is 10.0. The van der Waals surface area contributed by atoms with Gasteiger partial charge in [-0.1, -0.05) is 18.2 Å². The minimum Gasteiger partial charge on any atom is -0.495 e. The van der Waals surface area contributed by atoms with E-state index in [4.69, 9.17) is 17.0 Å². The van der Waals surface area contributed by atoms with Gasteiger partial charge in [0.15, 0.2) is 5.11 Å². The van der Waals surface area contributed by atoms with Crippen LogP contribution in [0.1, 0.15) is 23.5 Å². The van der Waals surface area contributed by atoms with E-state index < -0.39 is 0 Å². The van der Waals surface area contributed by atoms with Crippen molar-refractivity contribution in [3.8, 4) is 5.75 Å². The molecule has 3 heterocycles. The summed E-state index contributed by atoms with van der Waals surface area (Å²) in [5.74, 6) is 0.782. The Hall–Kier alpha value is -2.86. The van der Waals surface area contributed by atoms with E-state index in [9.17, 15) is 0 Å². The molecule has 2 aromatic heterocycles. The van der Waals surface area contributed by atoms with Gasteiger partial charge in [0.2, 0.25) is 0 Å². The number of hydrogen-bond acceptors (Lipinski definition) is 3. The van der Waals surface area contributed by atoms with Crippen molar-refractivity contribution in [2.24, 2.45) is 0 Å². The molecule has 5 nitrogen and oxygen atoms in total. The largest absolute Gasteiger partial charge is 0.495 e. The van der Waals surface area contributed by atoms with Crippen LogP contribution in [0.5, 0.6) is 5.75 Å². The molecule has 0 spiro atoms. The van der Waals surface area contributed by atoms with Gasteiger partial charge in [0, 0.05) is 18.1 Å². The number of aromatic amines is 1. The molecule has 0 amide bonds. The van der Waals surface area contributed by atoms with Crippen LogP contribution in [0.15, 0.2) is 67.0 Å². The number of nitrogens with zero attached hydrogens (tertiary/aromatic N) is 2. The number of benzene rings is 1. The number of ether oxygens (including phenoxy) is 1. The predicted molar refractivity (Wildman–Crippen MR) is 102 cm³/mol. The first-order valence-electron chi connectivity index (χ1n) is 8.06. The second-order valence-electron chi connectivity index (χ2n) is 5.79. The second kappa shape index (κ2) is 6.57. The smallest absolute Gasteiger partial charge is 0.174 e. The zero-order chi connectivity index (χ0) is 17.2. The summed E-state index contributed by atoms with van der Waals surface area (Å²) in [5, 5.41) is 4.08. The van der Waals surface area contributed by atoms with Crippen LogP contribution in [0.25, 0.3) is 0 Å². The Morgan fingerprint density at radius 2 is 1.92 bits per heavy atom. The van der Waals surface area contributed by atoms with E-state index in [2.05, 4.69) is 26.3 Å². The molecule has 126 valence electrons. The Morgan fingerprint density at radius 1 is 1.08 bits per heavy atom. The van der Waals surface area contributed by atoms with E-state index in [0.29, 0.717) is 5.11 Å². The molecule has 0 aliphatic carbocycles. The van der Waals surface area contributed by atoms with Gasteiger partial charge in [0.25, 0.3) is 0 Å². The third kappa shape index (κ3) is 2.74. The van der Waals surface area contributed by atoms with Crippen molar-refractivity contribution in [1.29, 1.82) is 0 Å². The fraction of sp³-hybridized carbons (Fsp3) is 0.158. The Morgan fingerprint density at radius 3 is 2.64 bits per heavy atom. The molecular formula is C19H18N4OS. The van der Waals surface area contributed by atoms with Crippen molar-refractivity contribution < 1.29 is 4.74 Å². The third-order valence-electron chi connectivity index (χ3n) is 4.38. The van der Waals surface area contributed by atoms with Gasteiger partial charge >= 0.3 is 0 Å². The lowest BCUT2D eigenvalue weighted by Crippen LogP contribution is -2.29. The number of aromatic nitrogens is 2. The highest BCUT2D eigenvalue weighted by molar-refractivity contribution is 7.80. The maximum absolute atomic E-state index is 5.68. The predicted octanol–water partition coefficient (Wildman–Crippen LogP) is 3.60. The summed E-state index contributed by atoms with van der Waals surface area (Å²) in [5.41, 5.74) is 2.94. The fourth-order valence-corrected chi connectivity index (χ4v) is 3.63. The molecule has 25 heavy (non-hydrogen) atoms. The highest BCUT2D eigenvalue weighted by Crippen LogP contribution is 2.43. The first kappa shape index (κ1) is 15.7. The van der Waals surface area contributed by atoms with Gasteiger partial charge in [-0.15, -0.1) is 0 Å². The van der Waals surface area contributed by atoms with Crippen molar-refractivity contribution in [1.82, 2.24) is 15.3 Å². The second-order valence-corrected chi connectivity index (χ2v) is 6.18. The van der Waals surface area contributed by atoms with Crippen molar-refractivity contribution >= 4 is 23.0 Å². The summed E-state index contributed by atoms with van der Waals surface area (Å²) in [4.78, 5) is 9.96. The molecule has 2 N–H and O–H groups in total. The zero-order valence-electron chi connectivity index (χ0n) is 13.7. The maximum Gasteiger partial charge on any atom is 0.174 e. The van der Waals surface area contributed by atoms with Crippen LogP contribution < -0.4 is 15.0 Å². The molecule has 1 saturated heterocycles. The minimum absolute atomic E-state index is 0.0475. The Labute approximate surface area is 151 Å². The lowest BCUT2D eigenvalue weighted by molar-refractivity contribution is 0.414. The van der Waals surface area contributed by atoms with Gasteiger partial charge in [0.1, 0.15) is 11.8 Å². The van der Waals surface area contributed by atoms with E-state index in [0.717, 1.165) is 22.8 Å². The molecule has 0 radical (unpaired) electrons. The first-order valence-corrected chi connectivity index (χ1v) is 8.47. The van der Waals surface area contributed by atoms with Crippen molar-refractivity contribution in [3.63, 3.8) is 0 Å². The molecule has 0 unspecified atom stereocenters. The topological polar surface area (TPSA) is 53.2 Å². The van der Waals surface area contributed by atoms with Crippen molar-refractivity contribution in [2.45, 2.75) is 12.1 Å². The number of methoxy groups -OCH3 is 1. The van der Waals surface area contributed by atoms with Crippen LogP contribution in [0.4, 0.5) is 5.69 Å². The van der Waals surface area contributed by atoms with Gasteiger partial charge in [-0.25, -0.2) is 0 Å². The van der Waals surface area contributed by atoms with E-state index >= 15 is 0 Å². The maximum atomic E-state index is 5.68. The quantitative estimate of drug-likeness (QED) is 0.704. The van der Waals surface area contributed by atoms with Crippen LogP contribution >= 0.6 is 12.2 Å². The fourth-order valence-electron chi connectivity index (χ4n) is 3.29. The van der Waals surface area contributed by atoms with E-state index in [1.54, 1.807) is 13.3 Å². The number of hydrogen-bond donors (Lipinski definition) is 2. The van der Waals surface area contributed by atoms with Crippen molar-refractivity contribution in [3.05, 3.63) is 78.4 Å². The molecule has 1 aliphatic rings. The van der Waals surface area contributed by atoms with E-state index in [1.165, 1.54) is 0 Å². The van der Waals surface area contributed by atoms with Gasteiger partial charge in [-0.05, 0) is 48.6 Å². The summed E-state index contributed by atoms with van der Waals surface area (Å²) in [7, 11) is 1.67. The molecule has 3 aromatic rings. The van der Waals surface area contributed by atoms with E-state index in [-0.39, 0.29) is 12.1 Å². The molecule has 6 heteroatoms. The Bertz CT molecular complexity index is 866. The average molecular weight is 350 g/mol. The molecule has 1 aromatic carbocycles. The number of H-pyrrole nitrogens is 1. The SMILES string of the molecule is COc1ccccc1N1C(=S)N[C@H](c2ccccn2)[C@@H]1c1ccc[nH]1. The van der Waals surface area contributed by atoms with Crippen LogP contribution in [0.2, 0.25) is 0 Å². The van der Waals surface area contributed by atoms with Gasteiger partial charge in [0.05, 0.1) is 24.5 Å². The first-order chi connectivity index (χ1) is 12.3. The molecule has 4 rings (SSSR count). The number of nitrogens with one attached hydrogen (secondary N) is 2. The van der Waals surface area contributed by atoms with Crippen molar-refractivity contribution in [2.75, 3.05) is 12.0 Å². The Kier molecular flexibility index (Phi) is 4.11. The monoisotopic (exact) mass is 350 g/mol. The number of thiocarbonyl (C=S) groups is 1. The highest BCUT2D eigenvalue weighted by Gasteiger charge is 2.42. The summed E-state index contributed by atoms with van der Waals surface area (Å²) in [6.07, 6.45) is 3.73. The van der Waals surface area contributed by atoms with Gasteiger partial charge in [-0.3, -0.25) is 4.98 Å². The molecule has 1 fully saturated rings. The van der Waals surface area contributed by atoms with Crippen LogP contribution in [0.3, 0.4) is 0 Å². The van der Waals surface area contributed by atoms with Gasteiger partial charge in [-0.2, -0.15) is 0 Å². The molecular weight excluding hydrogens is 332 g/mol. The van der Waals surface area contributed by atoms with Crippen LogP contribution in [0, 0.1) is 0 Å². The van der Waals surface area contributed by atoms with Crippen LogP contribution in [-0.4, -0.2) is 22.2 Å². The summed E-state index contributed by atoms with van der Waals surface area (Å²) in [6, 6.07) is 17.8. The standard InChI is InChI=1S/C19H18N4OS/c1-24-16-10-3-2-9-15(16)23-18(14-8-6-12-21-14)17(22-19(23)25)13-7-4-5-11-20-13/h2-12,17-18,21H,1H3,(H,22,25)/t17-,18+/m1/s1. The number of pyridine rings is 1. The Balaban J connectivity index is 1.84. The number of anilines is 1. The molecule has 2 atom stereocenters. The summed E-state index contributed by atoms with van der Waals surface area (Å²) >= 11 is 5.68. The number of para-hydroxylation sites is 2. The number of rotatable bonds is 4. The minimum atomic E-state index is -0.0581. The average Bonchev–Trinajstić information content (AvgIpc) is 3.30. The molecule has 0 bridgehead atoms. The lowest BCUT2D eigenvalue weighted by Gasteiger charge is -2.28. The van der Waals surface area contributed by atoms with E-state index in [1.807, 2.05) is 54.7 Å². The normalized spacial score (nSPS) is 19.7. The highest BCUT2D eigenvalue weighted by atomic mass is 32.1. The molecule has 1 aliphatic heterocycles. The van der Waals surface area contributed by atoms with Crippen LogP contribution in [-0.2, 0) is 0 Å². The summed E-state index contributed by atoms with van der Waals surface area (Å²) < 4.78 is 5.56. The van der Waals surface area contributed by atoms with Gasteiger partial charge < -0.3 is 19.9 Å². The molecule has 0 saturated carbocycles. The third-order valence-corrected chi connectivity index (χ3v) is 4.70.